The van der Waals surface area contributed by atoms with E-state index in [9.17, 15) is 18.0 Å². The summed E-state index contributed by atoms with van der Waals surface area (Å²) in [5.74, 6) is 0.826. The Kier molecular flexibility index (Phi) is 7.19. The van der Waals surface area contributed by atoms with Gasteiger partial charge in [-0.2, -0.15) is 18.2 Å². The number of hydrogen-bond donors (Lipinski definition) is 2. The number of rotatable bonds is 5. The number of fused-ring (bicyclic) bond motifs is 1. The molecule has 1 unspecified atom stereocenters. The molecule has 0 saturated carbocycles. The summed E-state index contributed by atoms with van der Waals surface area (Å²) in [7, 11) is 0. The van der Waals surface area contributed by atoms with Crippen molar-refractivity contribution in [3.8, 4) is 0 Å². The lowest BCUT2D eigenvalue weighted by atomic mass is 10.1. The standard InChI is InChI=1S/C26H34F3N7O2/c1-24(2,3)34-21-30-13-19-20(33-21)36(15-16-10-11-35(14-16)23(37)38-25(4,5)6)22(32-19)31-18-9-7-8-17(12-18)26(27,28)29/h7-9,12-13,16H,10-11,14-15H2,1-6H3,(H,31,32)(H,30,33,34). The largest absolute Gasteiger partial charge is 0.444 e. The zero-order chi connectivity index (χ0) is 27.9. The molecule has 1 fully saturated rings. The van der Waals surface area contributed by atoms with Gasteiger partial charge in [0, 0.05) is 30.9 Å². The minimum atomic E-state index is -4.47. The molecule has 0 aliphatic carbocycles. The summed E-state index contributed by atoms with van der Waals surface area (Å²) in [5, 5.41) is 6.28. The SMILES string of the molecule is CC(C)(C)Nc1ncc2nc(Nc3cccc(C(F)(F)F)c3)n(CC3CCN(C(=O)OC(C)(C)C)C3)c2n1. The fourth-order valence-corrected chi connectivity index (χ4v) is 4.22. The summed E-state index contributed by atoms with van der Waals surface area (Å²) in [6.07, 6.45) is -2.51. The van der Waals surface area contributed by atoms with Crippen LogP contribution in [0.4, 0.5) is 35.5 Å². The Balaban J connectivity index is 1.65. The molecule has 12 heteroatoms. The lowest BCUT2D eigenvalue weighted by molar-refractivity contribution is -0.137. The highest BCUT2D eigenvalue weighted by atomic mass is 19.4. The molecular formula is C26H34F3N7O2. The van der Waals surface area contributed by atoms with Crippen molar-refractivity contribution < 1.29 is 22.7 Å². The van der Waals surface area contributed by atoms with Crippen molar-refractivity contribution in [3.05, 3.63) is 36.0 Å². The van der Waals surface area contributed by atoms with Gasteiger partial charge in [0.1, 0.15) is 11.1 Å². The minimum Gasteiger partial charge on any atom is -0.444 e. The number of amides is 1. The maximum atomic E-state index is 13.3. The molecule has 0 spiro atoms. The summed E-state index contributed by atoms with van der Waals surface area (Å²) in [4.78, 5) is 27.9. The van der Waals surface area contributed by atoms with Crippen LogP contribution in [0.5, 0.6) is 0 Å². The first-order valence-electron chi connectivity index (χ1n) is 12.5. The van der Waals surface area contributed by atoms with Gasteiger partial charge in [-0.1, -0.05) is 6.07 Å². The van der Waals surface area contributed by atoms with Crippen molar-refractivity contribution in [3.63, 3.8) is 0 Å². The fourth-order valence-electron chi connectivity index (χ4n) is 4.22. The van der Waals surface area contributed by atoms with Gasteiger partial charge in [-0.25, -0.2) is 14.8 Å². The number of hydrogen-bond acceptors (Lipinski definition) is 7. The van der Waals surface area contributed by atoms with Gasteiger partial charge >= 0.3 is 12.3 Å². The van der Waals surface area contributed by atoms with Crippen LogP contribution in [0.15, 0.2) is 30.5 Å². The van der Waals surface area contributed by atoms with E-state index in [1.54, 1.807) is 17.2 Å². The molecule has 1 amide bonds. The highest BCUT2D eigenvalue weighted by Crippen LogP contribution is 2.32. The first kappa shape index (κ1) is 27.5. The molecule has 1 aliphatic rings. The van der Waals surface area contributed by atoms with Gasteiger partial charge in [0.2, 0.25) is 11.9 Å². The Morgan fingerprint density at radius 3 is 2.53 bits per heavy atom. The van der Waals surface area contributed by atoms with Gasteiger partial charge in [-0.05, 0) is 72.1 Å². The van der Waals surface area contributed by atoms with Crippen LogP contribution < -0.4 is 10.6 Å². The maximum Gasteiger partial charge on any atom is 0.416 e. The first-order chi connectivity index (χ1) is 17.6. The zero-order valence-corrected chi connectivity index (χ0v) is 22.5. The summed E-state index contributed by atoms with van der Waals surface area (Å²) >= 11 is 0. The second kappa shape index (κ2) is 9.95. The molecule has 3 heterocycles. The monoisotopic (exact) mass is 533 g/mol. The van der Waals surface area contributed by atoms with Crippen LogP contribution in [0, 0.1) is 5.92 Å². The number of ether oxygens (including phenoxy) is 1. The van der Waals surface area contributed by atoms with Crippen LogP contribution in [-0.4, -0.2) is 54.7 Å². The number of carbonyl (C=O) groups is 1. The Labute approximate surface area is 219 Å². The van der Waals surface area contributed by atoms with Gasteiger partial charge < -0.3 is 20.3 Å². The Morgan fingerprint density at radius 1 is 1.13 bits per heavy atom. The molecule has 206 valence electrons. The molecule has 0 bridgehead atoms. The van der Waals surface area contributed by atoms with E-state index in [1.165, 1.54) is 6.07 Å². The van der Waals surface area contributed by atoms with E-state index in [0.717, 1.165) is 18.6 Å². The highest BCUT2D eigenvalue weighted by Gasteiger charge is 2.32. The van der Waals surface area contributed by atoms with E-state index in [2.05, 4.69) is 25.6 Å². The number of nitrogens with zero attached hydrogens (tertiary/aromatic N) is 5. The first-order valence-corrected chi connectivity index (χ1v) is 12.5. The Morgan fingerprint density at radius 2 is 1.87 bits per heavy atom. The Hall–Kier alpha value is -3.57. The molecule has 1 saturated heterocycles. The number of halogens is 3. The van der Waals surface area contributed by atoms with Crippen molar-refractivity contribution >= 4 is 34.8 Å². The summed E-state index contributed by atoms with van der Waals surface area (Å²) < 4.78 is 47.2. The summed E-state index contributed by atoms with van der Waals surface area (Å²) in [6.45, 7) is 12.9. The zero-order valence-electron chi connectivity index (χ0n) is 22.5. The van der Waals surface area contributed by atoms with Crippen molar-refractivity contribution in [2.45, 2.75) is 71.8 Å². The van der Waals surface area contributed by atoms with Gasteiger partial charge in [0.05, 0.1) is 11.8 Å². The van der Waals surface area contributed by atoms with Crippen molar-refractivity contribution in [2.75, 3.05) is 23.7 Å². The second-order valence-electron chi connectivity index (χ2n) is 11.6. The predicted molar refractivity (Wildman–Crippen MR) is 139 cm³/mol. The van der Waals surface area contributed by atoms with E-state index in [-0.39, 0.29) is 23.2 Å². The summed E-state index contributed by atoms with van der Waals surface area (Å²) in [6, 6.07) is 4.96. The number of imidazole rings is 1. The molecule has 2 N–H and O–H groups in total. The average Bonchev–Trinajstić information content (AvgIpc) is 3.37. The molecule has 1 aliphatic heterocycles. The smallest absolute Gasteiger partial charge is 0.416 e. The molecule has 38 heavy (non-hydrogen) atoms. The quantitative estimate of drug-likeness (QED) is 0.412. The molecular weight excluding hydrogens is 499 g/mol. The van der Waals surface area contributed by atoms with E-state index >= 15 is 0 Å². The molecule has 9 nitrogen and oxygen atoms in total. The molecule has 0 radical (unpaired) electrons. The van der Waals surface area contributed by atoms with E-state index in [4.69, 9.17) is 4.74 Å². The lowest BCUT2D eigenvalue weighted by Crippen LogP contribution is -2.35. The Bertz CT molecular complexity index is 1310. The molecule has 1 atom stereocenters. The van der Waals surface area contributed by atoms with Crippen molar-refractivity contribution in [1.29, 1.82) is 0 Å². The van der Waals surface area contributed by atoms with Crippen LogP contribution in [0.3, 0.4) is 0 Å². The van der Waals surface area contributed by atoms with Crippen molar-refractivity contribution in [2.24, 2.45) is 5.92 Å². The molecule has 3 aromatic rings. The van der Waals surface area contributed by atoms with Crippen LogP contribution in [0.1, 0.15) is 53.5 Å². The van der Waals surface area contributed by atoms with Crippen LogP contribution in [0.25, 0.3) is 11.2 Å². The van der Waals surface area contributed by atoms with Gasteiger partial charge in [0.25, 0.3) is 0 Å². The summed E-state index contributed by atoms with van der Waals surface area (Å²) in [5.41, 5.74) is -0.343. The maximum absolute atomic E-state index is 13.3. The third kappa shape index (κ3) is 6.84. The predicted octanol–water partition coefficient (Wildman–Crippen LogP) is 6.06. The fraction of sp³-hybridized carbons (Fsp3) is 0.538. The van der Waals surface area contributed by atoms with E-state index < -0.39 is 17.3 Å². The third-order valence-corrected chi connectivity index (χ3v) is 5.80. The number of carbonyl (C=O) groups excluding carboxylic acids is 1. The minimum absolute atomic E-state index is 0.0657. The van der Waals surface area contributed by atoms with Crippen LogP contribution in [0.2, 0.25) is 0 Å². The molecule has 1 aromatic carbocycles. The third-order valence-electron chi connectivity index (χ3n) is 5.80. The number of nitrogens with one attached hydrogen (secondary N) is 2. The number of aromatic nitrogens is 4. The van der Waals surface area contributed by atoms with Crippen LogP contribution >= 0.6 is 0 Å². The topological polar surface area (TPSA) is 97.2 Å². The highest BCUT2D eigenvalue weighted by molar-refractivity contribution is 5.76. The van der Waals surface area contributed by atoms with Gasteiger partial charge in [-0.3, -0.25) is 4.57 Å². The average molecular weight is 534 g/mol. The van der Waals surface area contributed by atoms with Gasteiger partial charge in [0.15, 0.2) is 5.65 Å². The molecule has 4 rings (SSSR count). The van der Waals surface area contributed by atoms with Crippen molar-refractivity contribution in [1.82, 2.24) is 24.4 Å². The number of alkyl halides is 3. The number of benzene rings is 1. The van der Waals surface area contributed by atoms with E-state index in [0.29, 0.717) is 42.7 Å². The number of likely N-dealkylation sites (tertiary alicyclic amines) is 1. The number of anilines is 3. The van der Waals surface area contributed by atoms with Crippen LogP contribution in [-0.2, 0) is 17.5 Å². The normalized spacial score (nSPS) is 16.7. The van der Waals surface area contributed by atoms with Gasteiger partial charge in [-0.15, -0.1) is 0 Å². The van der Waals surface area contributed by atoms with E-state index in [1.807, 2.05) is 46.1 Å². The second-order valence-corrected chi connectivity index (χ2v) is 11.6. The molecule has 2 aromatic heterocycles. The lowest BCUT2D eigenvalue weighted by Gasteiger charge is -2.24.